The Labute approximate surface area is 178 Å². The number of nitrogens with two attached hydrogens (primary N) is 1. The molecule has 0 saturated heterocycles. The first kappa shape index (κ1) is 20.6. The normalized spacial score (nSPS) is 11.7. The van der Waals surface area contributed by atoms with Gasteiger partial charge in [0.2, 0.25) is 0 Å². The minimum atomic E-state index is -0.343. The van der Waals surface area contributed by atoms with Crippen molar-refractivity contribution < 1.29 is 4.79 Å². The Balaban J connectivity index is 2.02. The van der Waals surface area contributed by atoms with Crippen molar-refractivity contribution in [2.45, 2.75) is 19.0 Å². The third-order valence-corrected chi connectivity index (χ3v) is 5.29. The van der Waals surface area contributed by atoms with Gasteiger partial charge in [0.05, 0.1) is 5.75 Å². The summed E-state index contributed by atoms with van der Waals surface area (Å²) in [6.45, 7) is 3.54. The second-order valence-electron chi connectivity index (χ2n) is 6.37. The van der Waals surface area contributed by atoms with Crippen molar-refractivity contribution in [3.8, 4) is 23.1 Å². The molecule has 8 heteroatoms. The van der Waals surface area contributed by atoms with Gasteiger partial charge < -0.3 is 5.73 Å². The fourth-order valence-corrected chi connectivity index (χ4v) is 3.67. The molecule has 1 aromatic heterocycles. The van der Waals surface area contributed by atoms with E-state index in [1.165, 1.54) is 18.7 Å². The standard InChI is InChI=1S/C21H18ClN5OS/c1-13-4-3-5-17(10-13)27-20(15-6-8-16(22)9-7-15)25-26-21(27)29-12-19(28)18(11-23)14(2)24/h3-10H,12,24H2,1-2H3/b18-14+. The van der Waals surface area contributed by atoms with E-state index in [1.54, 1.807) is 12.1 Å². The van der Waals surface area contributed by atoms with Crippen LogP contribution in [0.5, 0.6) is 0 Å². The molecule has 2 N–H and O–H groups in total. The first-order chi connectivity index (χ1) is 13.9. The predicted molar refractivity (Wildman–Crippen MR) is 115 cm³/mol. The minimum Gasteiger partial charge on any atom is -0.401 e. The number of carbonyl (C=O) groups is 1. The summed E-state index contributed by atoms with van der Waals surface area (Å²) in [6.07, 6.45) is 0. The Morgan fingerprint density at radius 3 is 2.59 bits per heavy atom. The summed E-state index contributed by atoms with van der Waals surface area (Å²) < 4.78 is 1.89. The number of thioether (sulfide) groups is 1. The van der Waals surface area contributed by atoms with Crippen LogP contribution in [0.1, 0.15) is 12.5 Å². The van der Waals surface area contributed by atoms with Crippen LogP contribution in [0.25, 0.3) is 17.1 Å². The first-order valence-corrected chi connectivity index (χ1v) is 10.1. The van der Waals surface area contributed by atoms with E-state index >= 15 is 0 Å². The molecule has 0 atom stereocenters. The highest BCUT2D eigenvalue weighted by Crippen LogP contribution is 2.29. The van der Waals surface area contributed by atoms with E-state index in [1.807, 2.05) is 54.0 Å². The number of hydrogen-bond acceptors (Lipinski definition) is 6. The van der Waals surface area contributed by atoms with Crippen molar-refractivity contribution in [2.24, 2.45) is 5.73 Å². The maximum absolute atomic E-state index is 12.4. The van der Waals surface area contributed by atoms with Crippen LogP contribution in [0.15, 0.2) is 65.0 Å². The third kappa shape index (κ3) is 4.67. The Bertz CT molecular complexity index is 1120. The van der Waals surface area contributed by atoms with Crippen molar-refractivity contribution >= 4 is 29.1 Å². The fourth-order valence-electron chi connectivity index (χ4n) is 2.72. The average molecular weight is 424 g/mol. The van der Waals surface area contributed by atoms with Gasteiger partial charge in [0.25, 0.3) is 0 Å². The van der Waals surface area contributed by atoms with Gasteiger partial charge in [-0.25, -0.2) is 0 Å². The number of hydrogen-bond donors (Lipinski definition) is 1. The number of nitriles is 1. The number of halogens is 1. The Morgan fingerprint density at radius 1 is 1.24 bits per heavy atom. The number of Topliss-reactive ketones (excluding diaryl/α,β-unsaturated/α-hetero) is 1. The number of aryl methyl sites for hydroxylation is 1. The summed E-state index contributed by atoms with van der Waals surface area (Å²) in [6, 6.07) is 17.1. The number of nitrogens with zero attached hydrogens (tertiary/aromatic N) is 4. The third-order valence-electron chi connectivity index (χ3n) is 4.11. The topological polar surface area (TPSA) is 97.6 Å². The van der Waals surface area contributed by atoms with E-state index in [0.717, 1.165) is 16.8 Å². The molecule has 3 rings (SSSR count). The number of rotatable bonds is 6. The van der Waals surface area contributed by atoms with Crippen LogP contribution in [-0.4, -0.2) is 26.3 Å². The molecule has 0 radical (unpaired) electrons. The first-order valence-electron chi connectivity index (χ1n) is 8.71. The molecule has 0 aliphatic heterocycles. The van der Waals surface area contributed by atoms with Gasteiger partial charge in [-0.3, -0.25) is 9.36 Å². The van der Waals surface area contributed by atoms with Crippen LogP contribution in [0.3, 0.4) is 0 Å². The molecule has 3 aromatic rings. The van der Waals surface area contributed by atoms with Crippen LogP contribution >= 0.6 is 23.4 Å². The Kier molecular flexibility index (Phi) is 6.37. The monoisotopic (exact) mass is 423 g/mol. The molecular formula is C21H18ClN5OS. The molecule has 0 fully saturated rings. The van der Waals surface area contributed by atoms with E-state index in [2.05, 4.69) is 10.2 Å². The molecule has 146 valence electrons. The fraction of sp³-hybridized carbons (Fsp3) is 0.143. The molecule has 2 aromatic carbocycles. The van der Waals surface area contributed by atoms with E-state index < -0.39 is 0 Å². The van der Waals surface area contributed by atoms with Crippen LogP contribution in [0.4, 0.5) is 0 Å². The molecule has 0 amide bonds. The molecule has 0 aliphatic carbocycles. The zero-order valence-corrected chi connectivity index (χ0v) is 17.5. The average Bonchev–Trinajstić information content (AvgIpc) is 3.11. The largest absolute Gasteiger partial charge is 0.401 e. The quantitative estimate of drug-likeness (QED) is 0.360. The van der Waals surface area contributed by atoms with Gasteiger partial charge in [-0.2, -0.15) is 5.26 Å². The van der Waals surface area contributed by atoms with Gasteiger partial charge in [0.15, 0.2) is 16.8 Å². The van der Waals surface area contributed by atoms with Gasteiger partial charge in [-0.15, -0.1) is 10.2 Å². The van der Waals surface area contributed by atoms with Crippen LogP contribution in [0, 0.1) is 18.3 Å². The lowest BCUT2D eigenvalue weighted by Gasteiger charge is -2.11. The van der Waals surface area contributed by atoms with Gasteiger partial charge in [-0.1, -0.05) is 35.5 Å². The molecule has 0 unspecified atom stereocenters. The zero-order chi connectivity index (χ0) is 21.0. The molecule has 0 aliphatic rings. The van der Waals surface area contributed by atoms with Crippen LogP contribution in [-0.2, 0) is 4.79 Å². The summed E-state index contributed by atoms with van der Waals surface area (Å²) in [5, 5.41) is 18.9. The van der Waals surface area contributed by atoms with Crippen molar-refractivity contribution in [2.75, 3.05) is 5.75 Å². The number of carbonyl (C=O) groups excluding carboxylic acids is 1. The van der Waals surface area contributed by atoms with Crippen molar-refractivity contribution in [3.05, 3.63) is 70.4 Å². The van der Waals surface area contributed by atoms with Crippen molar-refractivity contribution in [3.63, 3.8) is 0 Å². The summed E-state index contributed by atoms with van der Waals surface area (Å²) in [7, 11) is 0. The second-order valence-corrected chi connectivity index (χ2v) is 7.75. The van der Waals surface area contributed by atoms with Gasteiger partial charge in [0, 0.05) is 22.0 Å². The highest BCUT2D eigenvalue weighted by atomic mass is 35.5. The summed E-state index contributed by atoms with van der Waals surface area (Å²) >= 11 is 7.22. The second kappa shape index (κ2) is 8.95. The molecule has 0 spiro atoms. The molecular weight excluding hydrogens is 406 g/mol. The Morgan fingerprint density at radius 2 is 1.97 bits per heavy atom. The molecule has 29 heavy (non-hydrogen) atoms. The highest BCUT2D eigenvalue weighted by molar-refractivity contribution is 7.99. The number of ketones is 1. The lowest BCUT2D eigenvalue weighted by molar-refractivity contribution is -0.112. The van der Waals surface area contributed by atoms with Gasteiger partial charge in [-0.05, 0) is 55.8 Å². The van der Waals surface area contributed by atoms with E-state index in [9.17, 15) is 4.79 Å². The van der Waals surface area contributed by atoms with Crippen LogP contribution < -0.4 is 5.73 Å². The van der Waals surface area contributed by atoms with Crippen molar-refractivity contribution in [1.82, 2.24) is 14.8 Å². The Hall–Kier alpha value is -3.08. The zero-order valence-electron chi connectivity index (χ0n) is 15.9. The summed E-state index contributed by atoms with van der Waals surface area (Å²) in [4.78, 5) is 12.4. The minimum absolute atomic E-state index is 0.0298. The molecule has 0 saturated carbocycles. The van der Waals surface area contributed by atoms with Gasteiger partial charge in [0.1, 0.15) is 11.6 Å². The van der Waals surface area contributed by atoms with Gasteiger partial charge >= 0.3 is 0 Å². The molecule has 0 bridgehead atoms. The van der Waals surface area contributed by atoms with E-state index in [-0.39, 0.29) is 22.8 Å². The number of allylic oxidation sites excluding steroid dienone is 2. The molecule has 1 heterocycles. The van der Waals surface area contributed by atoms with E-state index in [4.69, 9.17) is 22.6 Å². The van der Waals surface area contributed by atoms with E-state index in [0.29, 0.717) is 16.0 Å². The smallest absolute Gasteiger partial charge is 0.196 e. The number of benzene rings is 2. The van der Waals surface area contributed by atoms with Crippen molar-refractivity contribution in [1.29, 1.82) is 5.26 Å². The maximum Gasteiger partial charge on any atom is 0.196 e. The van der Waals surface area contributed by atoms with Crippen LogP contribution in [0.2, 0.25) is 5.02 Å². The number of aromatic nitrogens is 3. The molecule has 6 nitrogen and oxygen atoms in total. The maximum atomic E-state index is 12.4. The lowest BCUT2D eigenvalue weighted by Crippen LogP contribution is -2.11. The predicted octanol–water partition coefficient (Wildman–Crippen LogP) is 4.31. The summed E-state index contributed by atoms with van der Waals surface area (Å²) in [5.74, 6) is 0.319. The SMILES string of the molecule is C/C(N)=C(/C#N)C(=O)CSc1nnc(-c2ccc(Cl)cc2)n1-c1cccc(C)c1. The lowest BCUT2D eigenvalue weighted by atomic mass is 10.2. The highest BCUT2D eigenvalue weighted by Gasteiger charge is 2.19. The summed E-state index contributed by atoms with van der Waals surface area (Å²) in [5.41, 5.74) is 8.61.